The van der Waals surface area contributed by atoms with Gasteiger partial charge in [0.25, 0.3) is 11.8 Å². The van der Waals surface area contributed by atoms with Crippen molar-refractivity contribution in [3.63, 3.8) is 0 Å². The molecule has 0 saturated carbocycles. The van der Waals surface area contributed by atoms with E-state index in [1.54, 1.807) is 64.6 Å². The molecule has 1 saturated heterocycles. The summed E-state index contributed by atoms with van der Waals surface area (Å²) in [5, 5.41) is 5.06. The molecular formula is C21H19ClN4O3S. The van der Waals surface area contributed by atoms with E-state index in [0.717, 1.165) is 30.1 Å². The molecule has 0 atom stereocenters. The summed E-state index contributed by atoms with van der Waals surface area (Å²) >= 11 is 7.11. The summed E-state index contributed by atoms with van der Waals surface area (Å²) in [4.78, 5) is 31.7. The molecule has 9 heteroatoms. The minimum atomic E-state index is -0.444. The van der Waals surface area contributed by atoms with Gasteiger partial charge in [-0.05, 0) is 72.9 Å². The zero-order chi connectivity index (χ0) is 21.1. The van der Waals surface area contributed by atoms with Crippen molar-refractivity contribution in [2.45, 2.75) is 12.8 Å². The van der Waals surface area contributed by atoms with Crippen LogP contribution < -0.4 is 9.41 Å². The Morgan fingerprint density at radius 2 is 1.73 bits per heavy atom. The van der Waals surface area contributed by atoms with Gasteiger partial charge in [-0.3, -0.25) is 9.59 Å². The molecule has 2 amide bonds. The van der Waals surface area contributed by atoms with Crippen molar-refractivity contribution in [1.82, 2.24) is 14.1 Å². The predicted molar refractivity (Wildman–Crippen MR) is 114 cm³/mol. The van der Waals surface area contributed by atoms with E-state index >= 15 is 0 Å². The molecule has 0 aliphatic carbocycles. The highest BCUT2D eigenvalue weighted by molar-refractivity contribution is 7.04. The second-order valence-corrected chi connectivity index (χ2v) is 8.09. The quantitative estimate of drug-likeness (QED) is 0.618. The van der Waals surface area contributed by atoms with Crippen LogP contribution in [0.25, 0.3) is 5.69 Å². The van der Waals surface area contributed by atoms with E-state index in [9.17, 15) is 9.59 Å². The van der Waals surface area contributed by atoms with E-state index in [2.05, 4.69) is 10.1 Å². The molecule has 0 unspecified atom stereocenters. The van der Waals surface area contributed by atoms with E-state index < -0.39 is 5.91 Å². The number of halogens is 1. The van der Waals surface area contributed by atoms with Gasteiger partial charge in [-0.25, -0.2) is 0 Å². The van der Waals surface area contributed by atoms with E-state index in [-0.39, 0.29) is 16.3 Å². The number of carbonyl (C=O) groups excluding carboxylic acids is 2. The summed E-state index contributed by atoms with van der Waals surface area (Å²) in [5.74, 6) is -0.00686. The first-order chi connectivity index (χ1) is 14.5. The Morgan fingerprint density at radius 1 is 1.07 bits per heavy atom. The molecule has 3 aromatic rings. The molecule has 0 bridgehead atoms. The third-order valence-corrected chi connectivity index (χ3v) is 5.92. The number of benzene rings is 2. The van der Waals surface area contributed by atoms with Gasteiger partial charge in [0.05, 0.1) is 12.8 Å². The monoisotopic (exact) mass is 442 g/mol. The number of rotatable bonds is 4. The highest BCUT2D eigenvalue weighted by Crippen LogP contribution is 2.16. The highest BCUT2D eigenvalue weighted by Gasteiger charge is 2.25. The standard InChI is InChI=1S/C21H19ClN4O3S/c1-29-17-10-4-14(5-11-17)19(27)23-20-18(21(28)25-12-2-3-13-25)24-26(30-20)16-8-6-15(22)7-9-16/h4-11H,2-3,12-13H2,1H3. The van der Waals surface area contributed by atoms with E-state index in [4.69, 9.17) is 16.3 Å². The van der Waals surface area contributed by atoms with Gasteiger partial charge in [-0.1, -0.05) is 11.6 Å². The molecule has 2 aromatic carbocycles. The Morgan fingerprint density at radius 3 is 2.37 bits per heavy atom. The number of amides is 2. The lowest BCUT2D eigenvalue weighted by Gasteiger charge is -2.12. The molecule has 1 fully saturated rings. The van der Waals surface area contributed by atoms with Gasteiger partial charge in [0.2, 0.25) is 0 Å². The summed E-state index contributed by atoms with van der Waals surface area (Å²) in [6.07, 6.45) is 1.93. The van der Waals surface area contributed by atoms with Crippen molar-refractivity contribution in [1.29, 1.82) is 0 Å². The van der Waals surface area contributed by atoms with Gasteiger partial charge in [-0.2, -0.15) is 9.06 Å². The normalized spacial score (nSPS) is 14.2. The van der Waals surface area contributed by atoms with Crippen LogP contribution in [-0.4, -0.2) is 46.1 Å². The lowest BCUT2D eigenvalue weighted by molar-refractivity contribution is 0.0785. The summed E-state index contributed by atoms with van der Waals surface area (Å²) in [7, 11) is 1.56. The lowest BCUT2D eigenvalue weighted by Crippen LogP contribution is -2.31. The molecule has 2 heterocycles. The SMILES string of the molecule is COc1ccc(C(=O)N=c2sn(-c3ccc(Cl)cc3)nc2C(=O)N2CCCC2)cc1. The van der Waals surface area contributed by atoms with Crippen LogP contribution in [0.5, 0.6) is 5.75 Å². The van der Waals surface area contributed by atoms with Gasteiger partial charge >= 0.3 is 0 Å². The average Bonchev–Trinajstić information content (AvgIpc) is 3.44. The molecule has 0 radical (unpaired) electrons. The smallest absolute Gasteiger partial charge is 0.278 e. The molecule has 0 spiro atoms. The molecule has 4 rings (SSSR count). The average molecular weight is 443 g/mol. The van der Waals surface area contributed by atoms with Crippen LogP contribution in [0.15, 0.2) is 53.5 Å². The van der Waals surface area contributed by atoms with E-state index in [1.165, 1.54) is 0 Å². The Balaban J connectivity index is 1.75. The predicted octanol–water partition coefficient (Wildman–Crippen LogP) is 3.57. The van der Waals surface area contributed by atoms with Gasteiger partial charge in [-0.15, -0.1) is 5.10 Å². The summed E-state index contributed by atoms with van der Waals surface area (Å²) in [5.41, 5.74) is 1.32. The highest BCUT2D eigenvalue weighted by atomic mass is 35.5. The van der Waals surface area contributed by atoms with Crippen LogP contribution in [0.2, 0.25) is 5.02 Å². The fraction of sp³-hybridized carbons (Fsp3) is 0.238. The van der Waals surface area contributed by atoms with Crippen molar-refractivity contribution in [3.05, 3.63) is 69.5 Å². The molecule has 1 aliphatic rings. The van der Waals surface area contributed by atoms with Crippen LogP contribution in [0, 0.1) is 0 Å². The number of aromatic nitrogens is 2. The fourth-order valence-corrected chi connectivity index (χ4v) is 4.10. The third-order valence-electron chi connectivity index (χ3n) is 4.75. The maximum atomic E-state index is 13.0. The summed E-state index contributed by atoms with van der Waals surface area (Å²) in [6, 6.07) is 13.7. The van der Waals surface area contributed by atoms with E-state index in [0.29, 0.717) is 29.4 Å². The second-order valence-electron chi connectivity index (χ2n) is 6.74. The van der Waals surface area contributed by atoms with Gasteiger partial charge in [0, 0.05) is 23.7 Å². The van der Waals surface area contributed by atoms with Crippen LogP contribution in [-0.2, 0) is 0 Å². The van der Waals surface area contributed by atoms with E-state index in [1.807, 2.05) is 0 Å². The lowest BCUT2D eigenvalue weighted by atomic mass is 10.2. The van der Waals surface area contributed by atoms with Gasteiger partial charge < -0.3 is 9.64 Å². The Kier molecular flexibility index (Phi) is 5.96. The summed E-state index contributed by atoms with van der Waals surface area (Å²) in [6.45, 7) is 1.37. The van der Waals surface area contributed by atoms with Crippen molar-refractivity contribution >= 4 is 34.9 Å². The topological polar surface area (TPSA) is 76.8 Å². The first kappa shape index (κ1) is 20.3. The number of carbonyl (C=O) groups is 2. The maximum Gasteiger partial charge on any atom is 0.278 e. The maximum absolute atomic E-state index is 13.0. The van der Waals surface area contributed by atoms with Gasteiger partial charge in [0.15, 0.2) is 10.4 Å². The summed E-state index contributed by atoms with van der Waals surface area (Å²) < 4.78 is 6.99. The molecule has 7 nitrogen and oxygen atoms in total. The number of likely N-dealkylation sites (tertiary alicyclic amines) is 1. The number of hydrogen-bond donors (Lipinski definition) is 0. The number of hydrogen-bond acceptors (Lipinski definition) is 5. The van der Waals surface area contributed by atoms with Gasteiger partial charge in [0.1, 0.15) is 5.75 Å². The van der Waals surface area contributed by atoms with Crippen LogP contribution in [0.4, 0.5) is 0 Å². The molecule has 30 heavy (non-hydrogen) atoms. The zero-order valence-corrected chi connectivity index (χ0v) is 17.8. The second kappa shape index (κ2) is 8.81. The van der Waals surface area contributed by atoms with Crippen molar-refractivity contribution in [3.8, 4) is 11.4 Å². The first-order valence-electron chi connectivity index (χ1n) is 9.44. The van der Waals surface area contributed by atoms with Crippen LogP contribution in [0.3, 0.4) is 0 Å². The Labute approximate surface area is 182 Å². The minimum absolute atomic E-state index is 0.179. The Bertz CT molecular complexity index is 1130. The third kappa shape index (κ3) is 4.29. The first-order valence-corrected chi connectivity index (χ1v) is 10.6. The van der Waals surface area contributed by atoms with Crippen molar-refractivity contribution < 1.29 is 14.3 Å². The molecule has 0 N–H and O–H groups in total. The molecule has 154 valence electrons. The van der Waals surface area contributed by atoms with Crippen LogP contribution >= 0.6 is 23.1 Å². The number of methoxy groups -OCH3 is 1. The fourth-order valence-electron chi connectivity index (χ4n) is 3.13. The van der Waals surface area contributed by atoms with Crippen molar-refractivity contribution in [2.75, 3.05) is 20.2 Å². The zero-order valence-electron chi connectivity index (χ0n) is 16.2. The molecule has 1 aliphatic heterocycles. The molecule has 1 aromatic heterocycles. The number of nitrogens with zero attached hydrogens (tertiary/aromatic N) is 4. The minimum Gasteiger partial charge on any atom is -0.497 e. The largest absolute Gasteiger partial charge is 0.497 e. The number of ether oxygens (including phenoxy) is 1. The Hall–Kier alpha value is -2.97. The molecular weight excluding hydrogens is 424 g/mol. The van der Waals surface area contributed by atoms with Crippen LogP contribution in [0.1, 0.15) is 33.7 Å². The van der Waals surface area contributed by atoms with Crippen molar-refractivity contribution in [2.24, 2.45) is 4.99 Å².